The number of hydrogen-bond donors (Lipinski definition) is 0. The van der Waals surface area contributed by atoms with Crippen LogP contribution in [0.25, 0.3) is 37.6 Å². The Morgan fingerprint density at radius 2 is 0.657 bits per heavy atom. The minimum absolute atomic E-state index is 0.191. The molecule has 0 unspecified atom stereocenters. The maximum Gasteiger partial charge on any atom is 0.264 e. The fraction of sp³-hybridized carbons (Fsp3) is 0. The molecule has 0 amide bonds. The second-order valence-electron chi connectivity index (χ2n) is 26.5. The summed E-state index contributed by atoms with van der Waals surface area (Å²) in [5.41, 5.74) is 28.7. The Hall–Kier alpha value is -13.2. The normalized spacial score (nSPS) is 13.0. The summed E-state index contributed by atoms with van der Waals surface area (Å²) in [6, 6.07) is 123. The van der Waals surface area contributed by atoms with Crippen LogP contribution in [0.2, 0.25) is 0 Å². The van der Waals surface area contributed by atoms with E-state index in [1.807, 2.05) is 36.1 Å². The predicted octanol–water partition coefficient (Wildman–Crippen LogP) is 19.9. The molecular formula is C90H59B2N9S. The van der Waals surface area contributed by atoms with Gasteiger partial charge in [-0.15, -0.1) is 11.3 Å². The summed E-state index contributed by atoms with van der Waals surface area (Å²) in [5.74, 6) is 0. The fourth-order valence-corrected chi connectivity index (χ4v) is 18.2. The highest BCUT2D eigenvalue weighted by Crippen LogP contribution is 2.54. The van der Waals surface area contributed by atoms with Crippen molar-refractivity contribution in [1.82, 2.24) is 14.5 Å². The molecule has 0 radical (unpaired) electrons. The van der Waals surface area contributed by atoms with Crippen LogP contribution in [-0.2, 0) is 0 Å². The molecule has 4 aliphatic rings. The van der Waals surface area contributed by atoms with E-state index in [1.54, 1.807) is 0 Å². The minimum atomic E-state index is -0.193. The predicted molar refractivity (Wildman–Crippen MR) is 429 cm³/mol. The first kappa shape index (κ1) is 57.9. The van der Waals surface area contributed by atoms with Crippen LogP contribution in [0.5, 0.6) is 0 Å². The average molecular weight is 1320 g/mol. The minimum Gasteiger partial charge on any atom is -0.311 e. The third-order valence-electron chi connectivity index (χ3n) is 20.9. The van der Waals surface area contributed by atoms with Crippen LogP contribution < -0.4 is 61.5 Å². The van der Waals surface area contributed by atoms with Crippen LogP contribution in [0, 0.1) is 0 Å². The number of fused-ring (bicyclic) bond motifs is 13. The third kappa shape index (κ3) is 8.86. The Balaban J connectivity index is 0.885. The standard InChI is InChI=1S/C90H59B2N9S/c1-8-28-60(29-9-1)95(61-30-10-2-11-31-61)69-50-82-87-83(51-69)99(67-42-26-48-93-58-67)80-56-78-72(54-75(80)91(87)74-45-23-24-46-77(74)97(82)64-36-16-5-17-37-64)73-55-76-81(57-79(73)98(78)65-38-18-6-19-39-65)100(68-43-27-49-94-59-68)84-52-70(96(62-32-12-3-13-33-62)63-34-14-4-15-35-63)53-85-88(84)92(76)90-89(71-44-22-25-47-86(71)102-90)101(85)66-40-20-7-21-41-66/h1-59H. The molecule has 476 valence electrons. The van der Waals surface area contributed by atoms with Gasteiger partial charge in [-0.05, 0) is 185 Å². The van der Waals surface area contributed by atoms with Crippen LogP contribution in [0.15, 0.2) is 358 Å². The van der Waals surface area contributed by atoms with Gasteiger partial charge in [-0.2, -0.15) is 0 Å². The molecule has 0 spiro atoms. The van der Waals surface area contributed by atoms with Crippen molar-refractivity contribution in [1.29, 1.82) is 0 Å². The van der Waals surface area contributed by atoms with E-state index >= 15 is 0 Å². The Labute approximate surface area is 595 Å². The van der Waals surface area contributed by atoms with Gasteiger partial charge >= 0.3 is 0 Å². The first-order chi connectivity index (χ1) is 50.7. The van der Waals surface area contributed by atoms with Crippen LogP contribution in [0.4, 0.5) is 102 Å². The molecule has 4 aromatic heterocycles. The number of aromatic nitrogens is 3. The monoisotopic (exact) mass is 1320 g/mol. The number of hydrogen-bond acceptors (Lipinski definition) is 9. The number of benzene rings is 13. The number of thiophene rings is 1. The zero-order valence-electron chi connectivity index (χ0n) is 55.2. The number of rotatable bonds is 11. The quantitative estimate of drug-likeness (QED) is 0.119. The summed E-state index contributed by atoms with van der Waals surface area (Å²) in [5, 5.41) is 3.56. The largest absolute Gasteiger partial charge is 0.311 e. The fourth-order valence-electron chi connectivity index (χ4n) is 16.9. The molecule has 0 saturated heterocycles. The highest BCUT2D eigenvalue weighted by atomic mass is 32.1. The van der Waals surface area contributed by atoms with Crippen molar-refractivity contribution >= 4 is 191 Å². The van der Waals surface area contributed by atoms with Gasteiger partial charge in [-0.3, -0.25) is 9.97 Å². The first-order valence-corrected chi connectivity index (χ1v) is 35.6. The maximum absolute atomic E-state index is 4.95. The maximum atomic E-state index is 4.95. The molecule has 4 aliphatic heterocycles. The van der Waals surface area contributed by atoms with Gasteiger partial charge in [-0.25, -0.2) is 0 Å². The Bertz CT molecular complexity index is 6040. The van der Waals surface area contributed by atoms with Gasteiger partial charge in [0, 0.05) is 118 Å². The number of anilines is 18. The number of para-hydroxylation sites is 8. The van der Waals surface area contributed by atoms with E-state index < -0.39 is 0 Å². The van der Waals surface area contributed by atoms with Gasteiger partial charge in [0.25, 0.3) is 13.4 Å². The Morgan fingerprint density at radius 3 is 1.14 bits per heavy atom. The van der Waals surface area contributed by atoms with Crippen molar-refractivity contribution in [3.63, 3.8) is 0 Å². The van der Waals surface area contributed by atoms with E-state index in [-0.39, 0.29) is 13.4 Å². The van der Waals surface area contributed by atoms with E-state index in [2.05, 4.69) is 368 Å². The number of nitrogens with zero attached hydrogens (tertiary/aromatic N) is 9. The number of pyridine rings is 2. The van der Waals surface area contributed by atoms with Crippen molar-refractivity contribution in [2.45, 2.75) is 0 Å². The van der Waals surface area contributed by atoms with Gasteiger partial charge in [0.15, 0.2) is 0 Å². The van der Waals surface area contributed by atoms with Gasteiger partial charge in [0.1, 0.15) is 0 Å². The van der Waals surface area contributed by atoms with Crippen molar-refractivity contribution in [2.75, 3.05) is 29.4 Å². The van der Waals surface area contributed by atoms with Crippen LogP contribution in [0.3, 0.4) is 0 Å². The highest BCUT2D eigenvalue weighted by Gasteiger charge is 2.48. The van der Waals surface area contributed by atoms with Gasteiger partial charge in [0.2, 0.25) is 0 Å². The smallest absolute Gasteiger partial charge is 0.264 e. The van der Waals surface area contributed by atoms with Crippen LogP contribution in [-0.4, -0.2) is 28.0 Å². The van der Waals surface area contributed by atoms with Crippen molar-refractivity contribution in [3.8, 4) is 5.69 Å². The second-order valence-corrected chi connectivity index (χ2v) is 27.6. The van der Waals surface area contributed by atoms with E-state index in [0.29, 0.717) is 0 Å². The molecule has 0 fully saturated rings. The second kappa shape index (κ2) is 23.2. The van der Waals surface area contributed by atoms with Crippen LogP contribution in [0.1, 0.15) is 0 Å². The zero-order valence-corrected chi connectivity index (χ0v) is 56.0. The lowest BCUT2D eigenvalue weighted by molar-refractivity contribution is 1.17. The molecule has 8 heterocycles. The van der Waals surface area contributed by atoms with E-state index in [9.17, 15) is 0 Å². The molecule has 0 atom stereocenters. The third-order valence-corrected chi connectivity index (χ3v) is 22.2. The summed E-state index contributed by atoms with van der Waals surface area (Å²) >= 11 is 1.92. The Kier molecular flexibility index (Phi) is 13.2. The molecule has 0 N–H and O–H groups in total. The molecular weight excluding hydrogens is 1260 g/mol. The lowest BCUT2D eigenvalue weighted by Gasteiger charge is -2.45. The molecule has 17 aromatic rings. The van der Waals surface area contributed by atoms with E-state index in [1.165, 1.54) is 58.6 Å². The van der Waals surface area contributed by atoms with Crippen LogP contribution >= 0.6 is 11.3 Å². The van der Waals surface area contributed by atoms with Gasteiger partial charge < -0.3 is 34.0 Å². The Morgan fingerprint density at radius 1 is 0.275 bits per heavy atom. The summed E-state index contributed by atoms with van der Waals surface area (Å²) in [4.78, 5) is 24.8. The van der Waals surface area contributed by atoms with Crippen molar-refractivity contribution in [3.05, 3.63) is 358 Å². The van der Waals surface area contributed by atoms with Gasteiger partial charge in [-0.1, -0.05) is 176 Å². The first-order valence-electron chi connectivity index (χ1n) is 34.8. The molecule has 0 bridgehead atoms. The molecule has 0 aliphatic carbocycles. The molecule has 102 heavy (non-hydrogen) atoms. The molecule has 9 nitrogen and oxygen atoms in total. The van der Waals surface area contributed by atoms with Gasteiger partial charge in [0.05, 0.1) is 51.9 Å². The van der Waals surface area contributed by atoms with E-state index in [0.717, 1.165) is 113 Å². The summed E-state index contributed by atoms with van der Waals surface area (Å²) in [6.07, 6.45) is 7.83. The van der Waals surface area contributed by atoms with E-state index in [4.69, 9.17) is 9.97 Å². The SMILES string of the molecule is c1ccc(N(c2ccccc2)c2cc3c4c(c2)N(c2cccnc2)c2cc5c(cc2B4c2ccccc2N3c2ccccc2)c2cc3c(cc2n5-c2ccccc2)N(c2cccnc2)c2cc(N(c4ccccc4)c4ccccc4)cc4c2B3c2sc3ccccc3c2N4c2ccccc2)cc1. The summed E-state index contributed by atoms with van der Waals surface area (Å²) in [7, 11) is 0. The summed E-state index contributed by atoms with van der Waals surface area (Å²) in [6.45, 7) is -0.384. The average Bonchev–Trinajstić information content (AvgIpc) is 1.27. The summed E-state index contributed by atoms with van der Waals surface area (Å²) < 4.78 is 5.07. The molecule has 12 heteroatoms. The van der Waals surface area contributed by atoms with Crippen molar-refractivity contribution in [2.24, 2.45) is 0 Å². The lowest BCUT2D eigenvalue weighted by Crippen LogP contribution is -2.61. The van der Waals surface area contributed by atoms with Crippen molar-refractivity contribution < 1.29 is 0 Å². The molecule has 21 rings (SSSR count). The lowest BCUT2D eigenvalue weighted by atomic mass is 9.33. The molecule has 13 aromatic carbocycles. The topological polar surface area (TPSA) is 50.2 Å². The highest BCUT2D eigenvalue weighted by molar-refractivity contribution is 7.33. The molecule has 0 saturated carbocycles. The zero-order chi connectivity index (χ0) is 66.9.